The van der Waals surface area contributed by atoms with Crippen molar-refractivity contribution in [1.82, 2.24) is 10.6 Å². The number of urea groups is 2. The average molecular weight is 218 g/mol. The van der Waals surface area contributed by atoms with E-state index in [4.69, 9.17) is 0 Å². The first-order chi connectivity index (χ1) is 6.91. The van der Waals surface area contributed by atoms with Crippen molar-refractivity contribution in [2.45, 2.75) is 0 Å². The summed E-state index contributed by atoms with van der Waals surface area (Å²) in [7, 11) is 0. The number of nitrogens with two attached hydrogens (primary N) is 2. The molecular formula is C6H10N4O5. The van der Waals surface area contributed by atoms with Gasteiger partial charge >= 0.3 is 12.1 Å². The molecule has 0 saturated heterocycles. The summed E-state index contributed by atoms with van der Waals surface area (Å²) in [4.78, 5) is 41.7. The van der Waals surface area contributed by atoms with Crippen LogP contribution in [0.15, 0.2) is 0 Å². The van der Waals surface area contributed by atoms with Crippen molar-refractivity contribution < 1.29 is 23.9 Å². The molecule has 0 aromatic rings. The van der Waals surface area contributed by atoms with Gasteiger partial charge in [-0.2, -0.15) is 0 Å². The van der Waals surface area contributed by atoms with Crippen molar-refractivity contribution in [2.24, 2.45) is 11.5 Å². The van der Waals surface area contributed by atoms with Crippen LogP contribution in [0.2, 0.25) is 0 Å². The van der Waals surface area contributed by atoms with Crippen molar-refractivity contribution in [2.75, 3.05) is 13.2 Å². The fraction of sp³-hybridized carbons (Fsp3) is 0.333. The van der Waals surface area contributed by atoms with Crippen LogP contribution in [0.4, 0.5) is 9.59 Å². The highest BCUT2D eigenvalue weighted by Crippen LogP contribution is 1.76. The fourth-order valence-corrected chi connectivity index (χ4v) is 0.583. The zero-order chi connectivity index (χ0) is 11.8. The molecule has 9 heteroatoms. The summed E-state index contributed by atoms with van der Waals surface area (Å²) < 4.78 is 4.52. The molecule has 0 spiro atoms. The number of hydrogen-bond acceptors (Lipinski definition) is 5. The van der Waals surface area contributed by atoms with Gasteiger partial charge in [-0.15, -0.1) is 0 Å². The number of rotatable bonds is 4. The molecule has 0 atom stereocenters. The van der Waals surface area contributed by atoms with Gasteiger partial charge in [-0.3, -0.25) is 20.2 Å². The van der Waals surface area contributed by atoms with E-state index in [-0.39, 0.29) is 0 Å². The molecule has 0 aliphatic heterocycles. The maximum absolute atomic E-state index is 10.7. The number of ether oxygens (including phenoxy) is 1. The Hall–Kier alpha value is -2.16. The Morgan fingerprint density at radius 3 is 1.47 bits per heavy atom. The first-order valence-electron chi connectivity index (χ1n) is 3.68. The Kier molecular flexibility index (Phi) is 5.41. The molecule has 0 rings (SSSR count). The summed E-state index contributed by atoms with van der Waals surface area (Å²) in [5.41, 5.74) is 9.25. The minimum atomic E-state index is -1.02. The van der Waals surface area contributed by atoms with Gasteiger partial charge in [-0.25, -0.2) is 9.59 Å². The number of hydrogen-bond donors (Lipinski definition) is 4. The van der Waals surface area contributed by atoms with Crippen LogP contribution in [0.3, 0.4) is 0 Å². The first-order valence-corrected chi connectivity index (χ1v) is 3.68. The van der Waals surface area contributed by atoms with E-state index in [2.05, 4.69) is 16.2 Å². The lowest BCUT2D eigenvalue weighted by atomic mass is 10.6. The molecule has 0 aromatic heterocycles. The van der Waals surface area contributed by atoms with E-state index in [1.165, 1.54) is 0 Å². The number of nitrogens with one attached hydrogen (secondary N) is 2. The maximum Gasteiger partial charge on any atom is 0.318 e. The van der Waals surface area contributed by atoms with Crippen molar-refractivity contribution in [3.63, 3.8) is 0 Å². The molecule has 15 heavy (non-hydrogen) atoms. The SMILES string of the molecule is NC(=O)NC(=O)COCC(=O)NC(N)=O. The monoisotopic (exact) mass is 218 g/mol. The molecule has 6 amide bonds. The van der Waals surface area contributed by atoms with Crippen LogP contribution in [-0.2, 0) is 14.3 Å². The molecule has 0 radical (unpaired) electrons. The molecule has 0 aliphatic carbocycles. The first kappa shape index (κ1) is 12.8. The van der Waals surface area contributed by atoms with Crippen LogP contribution in [0, 0.1) is 0 Å². The van der Waals surface area contributed by atoms with E-state index >= 15 is 0 Å². The van der Waals surface area contributed by atoms with Gasteiger partial charge in [0.05, 0.1) is 0 Å². The average Bonchev–Trinajstić information content (AvgIpc) is 2.00. The largest absolute Gasteiger partial charge is 0.362 e. The Labute approximate surface area is 84.1 Å². The second kappa shape index (κ2) is 6.32. The molecule has 0 aliphatic rings. The second-order valence-electron chi connectivity index (χ2n) is 2.32. The highest BCUT2D eigenvalue weighted by molar-refractivity contribution is 5.95. The van der Waals surface area contributed by atoms with E-state index in [1.807, 2.05) is 0 Å². The van der Waals surface area contributed by atoms with Gasteiger partial charge < -0.3 is 16.2 Å². The van der Waals surface area contributed by atoms with Crippen LogP contribution in [0.5, 0.6) is 0 Å². The summed E-state index contributed by atoms with van der Waals surface area (Å²) in [6.07, 6.45) is 0. The highest BCUT2D eigenvalue weighted by atomic mass is 16.5. The number of primary amides is 2. The summed E-state index contributed by atoms with van der Waals surface area (Å²) >= 11 is 0. The van der Waals surface area contributed by atoms with Gasteiger partial charge in [0.15, 0.2) is 0 Å². The molecule has 0 saturated carbocycles. The Bertz CT molecular complexity index is 261. The molecule has 0 bridgehead atoms. The van der Waals surface area contributed by atoms with E-state index in [0.717, 1.165) is 0 Å². The van der Waals surface area contributed by atoms with Crippen LogP contribution < -0.4 is 22.1 Å². The summed E-state index contributed by atoms with van der Waals surface area (Å²) in [6.45, 7) is -1.07. The summed E-state index contributed by atoms with van der Waals surface area (Å²) in [5, 5.41) is 3.42. The topological polar surface area (TPSA) is 154 Å². The standard InChI is InChI=1S/C6H10N4O5/c7-5(13)9-3(11)1-15-2-4(12)10-6(8)14/h1-2H2,(H3,7,9,11,13)(H3,8,10,12,14). The van der Waals surface area contributed by atoms with E-state index in [9.17, 15) is 19.2 Å². The maximum atomic E-state index is 10.7. The van der Waals surface area contributed by atoms with Crippen LogP contribution in [0.25, 0.3) is 0 Å². The summed E-state index contributed by atoms with van der Waals surface area (Å²) in [6, 6.07) is -2.05. The zero-order valence-corrected chi connectivity index (χ0v) is 7.61. The van der Waals surface area contributed by atoms with Gasteiger partial charge in [-0.1, -0.05) is 0 Å². The molecule has 6 N–H and O–H groups in total. The molecule has 84 valence electrons. The lowest BCUT2D eigenvalue weighted by molar-refractivity contribution is -0.129. The molecule has 0 unspecified atom stereocenters. The zero-order valence-electron chi connectivity index (χ0n) is 7.61. The second-order valence-corrected chi connectivity index (χ2v) is 2.32. The van der Waals surface area contributed by atoms with Gasteiger partial charge in [0.2, 0.25) is 0 Å². The highest BCUT2D eigenvalue weighted by Gasteiger charge is 2.07. The summed E-state index contributed by atoms with van der Waals surface area (Å²) in [5.74, 6) is -1.59. The van der Waals surface area contributed by atoms with Crippen molar-refractivity contribution >= 4 is 23.9 Å². The third-order valence-electron chi connectivity index (χ3n) is 0.992. The van der Waals surface area contributed by atoms with Crippen molar-refractivity contribution in [3.8, 4) is 0 Å². The number of imide groups is 2. The molecule has 0 fully saturated rings. The van der Waals surface area contributed by atoms with E-state index in [0.29, 0.717) is 0 Å². The smallest absolute Gasteiger partial charge is 0.318 e. The number of carbonyl (C=O) groups is 4. The Morgan fingerprint density at radius 1 is 0.867 bits per heavy atom. The quantitative estimate of drug-likeness (QED) is 0.407. The number of amides is 6. The predicted molar refractivity (Wildman–Crippen MR) is 46.3 cm³/mol. The Morgan fingerprint density at radius 2 is 1.20 bits per heavy atom. The van der Waals surface area contributed by atoms with Crippen LogP contribution in [-0.4, -0.2) is 37.1 Å². The number of carbonyl (C=O) groups excluding carboxylic acids is 4. The minimum Gasteiger partial charge on any atom is -0.362 e. The lowest BCUT2D eigenvalue weighted by Gasteiger charge is -2.02. The molecule has 0 heterocycles. The van der Waals surface area contributed by atoms with Crippen molar-refractivity contribution in [1.29, 1.82) is 0 Å². The van der Waals surface area contributed by atoms with Gasteiger partial charge in [-0.05, 0) is 0 Å². The van der Waals surface area contributed by atoms with Gasteiger partial charge in [0.1, 0.15) is 13.2 Å². The van der Waals surface area contributed by atoms with Crippen molar-refractivity contribution in [3.05, 3.63) is 0 Å². The Balaban J connectivity index is 3.61. The minimum absolute atomic E-state index is 0.533. The normalized spacial score (nSPS) is 9.07. The van der Waals surface area contributed by atoms with Gasteiger partial charge in [0, 0.05) is 0 Å². The fourth-order valence-electron chi connectivity index (χ4n) is 0.583. The third kappa shape index (κ3) is 8.18. The van der Waals surface area contributed by atoms with Crippen LogP contribution in [0.1, 0.15) is 0 Å². The van der Waals surface area contributed by atoms with Crippen LogP contribution >= 0.6 is 0 Å². The molecule has 9 nitrogen and oxygen atoms in total. The molecule has 0 aromatic carbocycles. The molecular weight excluding hydrogens is 208 g/mol. The van der Waals surface area contributed by atoms with E-state index < -0.39 is 37.1 Å². The van der Waals surface area contributed by atoms with E-state index in [1.54, 1.807) is 10.6 Å². The third-order valence-corrected chi connectivity index (χ3v) is 0.992. The lowest BCUT2D eigenvalue weighted by Crippen LogP contribution is -2.40. The predicted octanol–water partition coefficient (Wildman–Crippen LogP) is -2.61. The van der Waals surface area contributed by atoms with Gasteiger partial charge in [0.25, 0.3) is 11.8 Å².